The van der Waals surface area contributed by atoms with Gasteiger partial charge in [-0.25, -0.2) is 4.79 Å². The molecule has 0 spiro atoms. The summed E-state index contributed by atoms with van der Waals surface area (Å²) in [4.78, 5) is 24.2. The van der Waals surface area contributed by atoms with E-state index in [-0.39, 0.29) is 17.7 Å². The largest absolute Gasteiger partial charge is 0.444 e. The van der Waals surface area contributed by atoms with Crippen molar-refractivity contribution in [3.05, 3.63) is 0 Å². The zero-order valence-corrected chi connectivity index (χ0v) is 20.4. The number of alkyl carbamates (subject to hydrolysis) is 1. The molecule has 3 saturated heterocycles. The maximum atomic E-state index is 12.1. The number of guanidine groups is 1. The summed E-state index contributed by atoms with van der Waals surface area (Å²) in [5.74, 6) is 0.948. The van der Waals surface area contributed by atoms with E-state index in [2.05, 4.69) is 37.4 Å². The van der Waals surface area contributed by atoms with Crippen LogP contribution in [0.2, 0.25) is 0 Å². The lowest BCUT2D eigenvalue weighted by Crippen LogP contribution is -2.62. The summed E-state index contributed by atoms with van der Waals surface area (Å²) in [6.45, 7) is 13.0. The van der Waals surface area contributed by atoms with Crippen molar-refractivity contribution in [1.82, 2.24) is 25.3 Å². The van der Waals surface area contributed by atoms with E-state index < -0.39 is 5.60 Å². The van der Waals surface area contributed by atoms with Crippen molar-refractivity contribution < 1.29 is 9.53 Å². The second-order valence-corrected chi connectivity index (χ2v) is 10.6. The van der Waals surface area contributed by atoms with Crippen LogP contribution in [-0.4, -0.2) is 104 Å². The molecule has 1 atom stereocenters. The highest BCUT2D eigenvalue weighted by Crippen LogP contribution is 2.31. The molecule has 1 unspecified atom stereocenters. The lowest BCUT2D eigenvalue weighted by Gasteiger charge is -2.50. The van der Waals surface area contributed by atoms with Crippen molar-refractivity contribution in [2.75, 3.05) is 59.9 Å². The third-order valence-corrected chi connectivity index (χ3v) is 6.94. The molecule has 0 bridgehead atoms. The molecule has 0 saturated carbocycles. The van der Waals surface area contributed by atoms with Gasteiger partial charge in [0.15, 0.2) is 5.96 Å². The van der Waals surface area contributed by atoms with E-state index in [9.17, 15) is 4.79 Å². The molecule has 178 valence electrons. The third kappa shape index (κ3) is 6.72. The standard InChI is InChI=1S/C23H44N6O2/c1-22(2,3)31-21(30)26-19-9-14-28(17-19)20(24-4)25-18-23(10-15-27(5)16-11-23)29-12-7-6-8-13-29/h19H,6-18H2,1-5H3,(H,24,25)(H,26,30). The number of carbonyl (C=O) groups is 1. The molecule has 0 aromatic rings. The Hall–Kier alpha value is -1.54. The minimum atomic E-state index is -0.475. The smallest absolute Gasteiger partial charge is 0.407 e. The van der Waals surface area contributed by atoms with Crippen LogP contribution in [0.1, 0.15) is 59.3 Å². The van der Waals surface area contributed by atoms with Gasteiger partial charge < -0.3 is 25.2 Å². The quantitative estimate of drug-likeness (QED) is 0.520. The molecule has 0 radical (unpaired) electrons. The van der Waals surface area contributed by atoms with E-state index in [0.29, 0.717) is 0 Å². The fraction of sp³-hybridized carbons (Fsp3) is 0.913. The van der Waals surface area contributed by atoms with E-state index >= 15 is 0 Å². The Morgan fingerprint density at radius 3 is 2.39 bits per heavy atom. The van der Waals surface area contributed by atoms with Crippen molar-refractivity contribution in [3.8, 4) is 0 Å². The molecule has 3 aliphatic heterocycles. The molecular formula is C23H44N6O2. The Labute approximate surface area is 188 Å². The number of carbonyl (C=O) groups excluding carboxylic acids is 1. The van der Waals surface area contributed by atoms with Crippen LogP contribution in [0.3, 0.4) is 0 Å². The van der Waals surface area contributed by atoms with Crippen molar-refractivity contribution in [1.29, 1.82) is 0 Å². The number of ether oxygens (including phenoxy) is 1. The van der Waals surface area contributed by atoms with Crippen molar-refractivity contribution in [2.45, 2.75) is 76.5 Å². The maximum absolute atomic E-state index is 12.1. The summed E-state index contributed by atoms with van der Waals surface area (Å²) in [5.41, 5.74) is -0.256. The van der Waals surface area contributed by atoms with Crippen LogP contribution in [-0.2, 0) is 4.74 Å². The summed E-state index contributed by atoms with van der Waals surface area (Å²) < 4.78 is 5.41. The van der Waals surface area contributed by atoms with Gasteiger partial charge in [0.2, 0.25) is 0 Å². The van der Waals surface area contributed by atoms with Gasteiger partial charge in [-0.1, -0.05) is 6.42 Å². The van der Waals surface area contributed by atoms with Crippen LogP contribution in [0.5, 0.6) is 0 Å². The van der Waals surface area contributed by atoms with Crippen LogP contribution in [0, 0.1) is 0 Å². The summed E-state index contributed by atoms with van der Waals surface area (Å²) in [6, 6.07) is 0.0905. The van der Waals surface area contributed by atoms with Crippen LogP contribution >= 0.6 is 0 Å². The second kappa shape index (κ2) is 10.4. The predicted octanol–water partition coefficient (Wildman–Crippen LogP) is 2.11. The molecule has 8 heteroatoms. The van der Waals surface area contributed by atoms with E-state index in [1.807, 2.05) is 27.8 Å². The summed E-state index contributed by atoms with van der Waals surface area (Å²) >= 11 is 0. The van der Waals surface area contributed by atoms with Gasteiger partial charge >= 0.3 is 6.09 Å². The van der Waals surface area contributed by atoms with Crippen LogP contribution in [0.25, 0.3) is 0 Å². The summed E-state index contributed by atoms with van der Waals surface area (Å²) in [5, 5.41) is 6.73. The first-order chi connectivity index (χ1) is 14.7. The first kappa shape index (κ1) is 24.1. The van der Waals surface area contributed by atoms with Gasteiger partial charge in [0.1, 0.15) is 5.60 Å². The topological polar surface area (TPSA) is 72.4 Å². The average Bonchev–Trinajstić information content (AvgIpc) is 3.17. The molecule has 3 fully saturated rings. The van der Waals surface area contributed by atoms with Gasteiger partial charge in [0.25, 0.3) is 0 Å². The van der Waals surface area contributed by atoms with E-state index in [0.717, 1.165) is 45.1 Å². The normalized spacial score (nSPS) is 26.0. The van der Waals surface area contributed by atoms with E-state index in [1.165, 1.54) is 45.2 Å². The lowest BCUT2D eigenvalue weighted by molar-refractivity contribution is 0.0170. The number of amides is 1. The molecule has 3 heterocycles. The van der Waals surface area contributed by atoms with Gasteiger partial charge in [-0.15, -0.1) is 0 Å². The molecule has 0 aliphatic carbocycles. The minimum Gasteiger partial charge on any atom is -0.444 e. The average molecular weight is 437 g/mol. The molecule has 31 heavy (non-hydrogen) atoms. The molecule has 8 nitrogen and oxygen atoms in total. The number of hydrogen-bond acceptors (Lipinski definition) is 5. The van der Waals surface area contributed by atoms with Gasteiger partial charge in [0.05, 0.1) is 6.04 Å². The number of nitrogens with one attached hydrogen (secondary N) is 2. The fourth-order valence-electron chi connectivity index (χ4n) is 5.13. The van der Waals surface area contributed by atoms with Gasteiger partial charge in [-0.3, -0.25) is 9.89 Å². The first-order valence-corrected chi connectivity index (χ1v) is 12.1. The SMILES string of the molecule is CN=C(NCC1(N2CCCCC2)CCN(C)CC1)N1CCC(NC(=O)OC(C)(C)C)C1. The zero-order chi connectivity index (χ0) is 22.5. The molecule has 1 amide bonds. The predicted molar refractivity (Wildman–Crippen MR) is 126 cm³/mol. The van der Waals surface area contributed by atoms with Crippen molar-refractivity contribution >= 4 is 12.1 Å². The lowest BCUT2D eigenvalue weighted by atomic mass is 9.84. The second-order valence-electron chi connectivity index (χ2n) is 10.6. The molecule has 3 aliphatic rings. The fourth-order valence-corrected chi connectivity index (χ4v) is 5.13. The number of nitrogens with zero attached hydrogens (tertiary/aromatic N) is 4. The monoisotopic (exact) mass is 436 g/mol. The number of hydrogen-bond donors (Lipinski definition) is 2. The molecular weight excluding hydrogens is 392 g/mol. The Kier molecular flexibility index (Phi) is 8.08. The molecule has 2 N–H and O–H groups in total. The van der Waals surface area contributed by atoms with E-state index in [1.54, 1.807) is 0 Å². The third-order valence-electron chi connectivity index (χ3n) is 6.94. The Balaban J connectivity index is 1.55. The summed E-state index contributed by atoms with van der Waals surface area (Å²) in [7, 11) is 4.09. The van der Waals surface area contributed by atoms with Gasteiger partial charge in [-0.05, 0) is 86.1 Å². The molecule has 0 aromatic carbocycles. The van der Waals surface area contributed by atoms with E-state index in [4.69, 9.17) is 4.74 Å². The van der Waals surface area contributed by atoms with Crippen molar-refractivity contribution in [2.24, 2.45) is 4.99 Å². The zero-order valence-electron chi connectivity index (χ0n) is 20.4. The highest BCUT2D eigenvalue weighted by Gasteiger charge is 2.40. The highest BCUT2D eigenvalue weighted by atomic mass is 16.6. The molecule has 0 aromatic heterocycles. The van der Waals surface area contributed by atoms with Gasteiger partial charge in [0, 0.05) is 32.2 Å². The number of aliphatic imine (C=N–C) groups is 1. The first-order valence-electron chi connectivity index (χ1n) is 12.1. The van der Waals surface area contributed by atoms with Crippen LogP contribution in [0.15, 0.2) is 4.99 Å². The van der Waals surface area contributed by atoms with Crippen LogP contribution in [0.4, 0.5) is 4.79 Å². The maximum Gasteiger partial charge on any atom is 0.407 e. The Bertz CT molecular complexity index is 618. The Morgan fingerprint density at radius 1 is 1.10 bits per heavy atom. The number of piperidine rings is 2. The number of rotatable bonds is 4. The highest BCUT2D eigenvalue weighted by molar-refractivity contribution is 5.80. The number of likely N-dealkylation sites (tertiary alicyclic amines) is 3. The Morgan fingerprint density at radius 2 is 1.77 bits per heavy atom. The summed E-state index contributed by atoms with van der Waals surface area (Å²) in [6.07, 6.45) is 6.97. The van der Waals surface area contributed by atoms with Gasteiger partial charge in [-0.2, -0.15) is 0 Å². The molecule has 3 rings (SSSR count). The van der Waals surface area contributed by atoms with Crippen molar-refractivity contribution in [3.63, 3.8) is 0 Å². The minimum absolute atomic E-state index is 0.0905. The van der Waals surface area contributed by atoms with Crippen LogP contribution < -0.4 is 10.6 Å².